The molecule has 212 valence electrons. The molecule has 2 nitrogen and oxygen atoms in total. The van der Waals surface area contributed by atoms with Crippen molar-refractivity contribution < 1.29 is 0 Å². The molecule has 2 heteroatoms. The molecule has 10 rings (SSSR count). The Kier molecular flexibility index (Phi) is 5.21. The van der Waals surface area contributed by atoms with Crippen molar-refractivity contribution in [3.63, 3.8) is 0 Å². The van der Waals surface area contributed by atoms with Gasteiger partial charge in [0.15, 0.2) is 0 Å². The van der Waals surface area contributed by atoms with Gasteiger partial charge in [0.05, 0.1) is 22.1 Å². The van der Waals surface area contributed by atoms with E-state index in [-0.39, 0.29) is 0 Å². The number of hydrogen-bond donors (Lipinski definition) is 0. The molecule has 0 unspecified atom stereocenters. The van der Waals surface area contributed by atoms with E-state index in [4.69, 9.17) is 0 Å². The quantitative estimate of drug-likeness (QED) is 0.199. The van der Waals surface area contributed by atoms with Crippen LogP contribution in [0.4, 0.5) is 0 Å². The lowest BCUT2D eigenvalue weighted by molar-refractivity contribution is 0.935. The Balaban J connectivity index is 1.29. The van der Waals surface area contributed by atoms with Crippen LogP contribution >= 0.6 is 0 Å². The molecule has 2 aliphatic rings. The summed E-state index contributed by atoms with van der Waals surface area (Å²) < 4.78 is 4.90. The molecule has 0 aliphatic heterocycles. The largest absolute Gasteiger partial charge is 0.309 e. The third-order valence-electron chi connectivity index (χ3n) is 9.99. The van der Waals surface area contributed by atoms with Gasteiger partial charge in [0, 0.05) is 32.9 Å². The summed E-state index contributed by atoms with van der Waals surface area (Å²) in [6, 6.07) is 49.5. The van der Waals surface area contributed by atoms with Gasteiger partial charge in [0.2, 0.25) is 0 Å². The molecule has 6 aromatic carbocycles. The van der Waals surface area contributed by atoms with E-state index in [0.29, 0.717) is 0 Å². The van der Waals surface area contributed by atoms with Crippen LogP contribution in [0, 0.1) is 0 Å². The molecule has 0 radical (unpaired) electrons. The Morgan fingerprint density at radius 1 is 0.467 bits per heavy atom. The van der Waals surface area contributed by atoms with E-state index < -0.39 is 0 Å². The molecule has 0 bridgehead atoms. The van der Waals surface area contributed by atoms with Crippen molar-refractivity contribution in [2.75, 3.05) is 0 Å². The Labute approximate surface area is 261 Å². The molecule has 0 spiro atoms. The Bertz CT molecular complexity index is 2330. The summed E-state index contributed by atoms with van der Waals surface area (Å²) in [5.74, 6) is 0. The standard InChI is InChI=1S/C43H30N2/c1-2-12-34-29(11-1)23-30-22-21-28(26-39(30)34)31-24-32(44-40-17-7-3-13-35(40)36-14-4-8-18-41(36)44)27-33(25-31)45-42-19-9-5-15-37(42)38-16-6-10-20-43(38)45/h2-10,12-22,24-27H,1,11,23H2. The van der Waals surface area contributed by atoms with Gasteiger partial charge in [-0.25, -0.2) is 0 Å². The number of aromatic nitrogens is 2. The second kappa shape index (κ2) is 9.45. The van der Waals surface area contributed by atoms with Crippen LogP contribution in [0.15, 0.2) is 151 Å². The molecule has 2 aliphatic carbocycles. The zero-order valence-corrected chi connectivity index (χ0v) is 24.9. The number of rotatable bonds is 3. The van der Waals surface area contributed by atoms with Crippen molar-refractivity contribution in [2.24, 2.45) is 0 Å². The van der Waals surface area contributed by atoms with Crippen LogP contribution in [0.25, 0.3) is 71.7 Å². The van der Waals surface area contributed by atoms with Gasteiger partial charge in [-0.2, -0.15) is 0 Å². The maximum absolute atomic E-state index is 2.45. The van der Waals surface area contributed by atoms with Crippen molar-refractivity contribution in [1.82, 2.24) is 9.13 Å². The Morgan fingerprint density at radius 2 is 0.978 bits per heavy atom. The van der Waals surface area contributed by atoms with Gasteiger partial charge in [-0.15, -0.1) is 0 Å². The number of benzene rings is 6. The zero-order valence-electron chi connectivity index (χ0n) is 24.9. The fourth-order valence-electron chi connectivity index (χ4n) is 7.99. The first kappa shape index (κ1) is 24.8. The van der Waals surface area contributed by atoms with Crippen LogP contribution in [0.5, 0.6) is 0 Å². The van der Waals surface area contributed by atoms with Crippen LogP contribution < -0.4 is 0 Å². The molecule has 0 atom stereocenters. The van der Waals surface area contributed by atoms with E-state index in [1.54, 1.807) is 5.57 Å². The summed E-state index contributed by atoms with van der Waals surface area (Å²) in [6.45, 7) is 0. The van der Waals surface area contributed by atoms with E-state index >= 15 is 0 Å². The minimum absolute atomic E-state index is 1.09. The van der Waals surface area contributed by atoms with Gasteiger partial charge >= 0.3 is 0 Å². The van der Waals surface area contributed by atoms with Gasteiger partial charge in [-0.3, -0.25) is 0 Å². The third-order valence-corrected chi connectivity index (χ3v) is 9.99. The summed E-state index contributed by atoms with van der Waals surface area (Å²) in [7, 11) is 0. The van der Waals surface area contributed by atoms with Crippen LogP contribution in [-0.4, -0.2) is 9.13 Å². The zero-order chi connectivity index (χ0) is 29.5. The van der Waals surface area contributed by atoms with Gasteiger partial charge < -0.3 is 9.13 Å². The van der Waals surface area contributed by atoms with Gasteiger partial charge in [-0.05, 0) is 95.6 Å². The predicted octanol–water partition coefficient (Wildman–Crippen LogP) is 11.2. The molecule has 0 N–H and O–H groups in total. The SMILES string of the molecule is C1=CC2=C(CC1)Cc1ccc(-c3cc(-n4c5ccccc5c5ccccc54)cc(-n4c5ccccc5c5ccccc54)c3)cc12. The summed E-state index contributed by atoms with van der Waals surface area (Å²) in [6.07, 6.45) is 8.11. The lowest BCUT2D eigenvalue weighted by Gasteiger charge is -2.16. The van der Waals surface area contributed by atoms with E-state index in [2.05, 4.69) is 155 Å². The molecule has 45 heavy (non-hydrogen) atoms. The lowest BCUT2D eigenvalue weighted by atomic mass is 9.95. The smallest absolute Gasteiger partial charge is 0.0541 e. The van der Waals surface area contributed by atoms with Crippen LogP contribution in [-0.2, 0) is 6.42 Å². The van der Waals surface area contributed by atoms with E-state index in [1.807, 2.05) is 0 Å². The molecular formula is C43H30N2. The fraction of sp³-hybridized carbons (Fsp3) is 0.0698. The normalized spacial score (nSPS) is 14.2. The fourth-order valence-corrected chi connectivity index (χ4v) is 7.99. The molecule has 2 heterocycles. The second-order valence-corrected chi connectivity index (χ2v) is 12.5. The van der Waals surface area contributed by atoms with Crippen molar-refractivity contribution >= 4 is 49.2 Å². The van der Waals surface area contributed by atoms with Crippen LogP contribution in [0.1, 0.15) is 24.0 Å². The highest BCUT2D eigenvalue weighted by Gasteiger charge is 2.23. The maximum atomic E-state index is 2.45. The highest BCUT2D eigenvalue weighted by molar-refractivity contribution is 6.10. The number of para-hydroxylation sites is 4. The summed E-state index contributed by atoms with van der Waals surface area (Å²) in [5.41, 5.74) is 15.6. The highest BCUT2D eigenvalue weighted by atomic mass is 15.0. The monoisotopic (exact) mass is 574 g/mol. The summed E-state index contributed by atoms with van der Waals surface area (Å²) in [4.78, 5) is 0. The van der Waals surface area contributed by atoms with Crippen molar-refractivity contribution in [3.8, 4) is 22.5 Å². The molecular weight excluding hydrogens is 544 g/mol. The molecule has 0 saturated carbocycles. The third kappa shape index (κ3) is 3.63. The molecule has 0 saturated heterocycles. The molecule has 0 amide bonds. The topological polar surface area (TPSA) is 9.86 Å². The van der Waals surface area contributed by atoms with Crippen molar-refractivity contribution in [1.29, 1.82) is 0 Å². The predicted molar refractivity (Wildman–Crippen MR) is 190 cm³/mol. The molecule has 8 aromatic rings. The first-order valence-electron chi connectivity index (χ1n) is 16.0. The highest BCUT2D eigenvalue weighted by Crippen LogP contribution is 2.42. The molecule has 2 aromatic heterocycles. The first-order valence-corrected chi connectivity index (χ1v) is 16.0. The van der Waals surface area contributed by atoms with Gasteiger partial charge in [0.25, 0.3) is 0 Å². The maximum Gasteiger partial charge on any atom is 0.0541 e. The first-order chi connectivity index (χ1) is 22.3. The average Bonchev–Trinajstić information content (AvgIpc) is 3.75. The number of fused-ring (bicyclic) bond motifs is 8. The van der Waals surface area contributed by atoms with Crippen molar-refractivity contribution in [2.45, 2.75) is 19.3 Å². The number of allylic oxidation sites excluding steroid dienone is 4. The number of hydrogen-bond acceptors (Lipinski definition) is 0. The minimum atomic E-state index is 1.09. The lowest BCUT2D eigenvalue weighted by Crippen LogP contribution is -2.00. The van der Waals surface area contributed by atoms with Gasteiger partial charge in [0.1, 0.15) is 0 Å². The second-order valence-electron chi connectivity index (χ2n) is 12.5. The van der Waals surface area contributed by atoms with Gasteiger partial charge in [-0.1, -0.05) is 103 Å². The van der Waals surface area contributed by atoms with Crippen molar-refractivity contribution in [3.05, 3.63) is 162 Å². The summed E-state index contributed by atoms with van der Waals surface area (Å²) >= 11 is 0. The van der Waals surface area contributed by atoms with E-state index in [0.717, 1.165) is 12.8 Å². The Hall–Kier alpha value is -5.60. The van der Waals surface area contributed by atoms with E-state index in [1.165, 1.54) is 89.2 Å². The van der Waals surface area contributed by atoms with Crippen LogP contribution in [0.3, 0.4) is 0 Å². The summed E-state index contributed by atoms with van der Waals surface area (Å²) in [5, 5.41) is 5.10. The molecule has 0 fully saturated rings. The number of nitrogens with zero attached hydrogens (tertiary/aromatic N) is 2. The average molecular weight is 575 g/mol. The Morgan fingerprint density at radius 3 is 1.51 bits per heavy atom. The minimum Gasteiger partial charge on any atom is -0.309 e. The van der Waals surface area contributed by atoms with E-state index in [9.17, 15) is 0 Å². The van der Waals surface area contributed by atoms with Crippen LogP contribution in [0.2, 0.25) is 0 Å².